The van der Waals surface area contributed by atoms with Crippen LogP contribution in [0.1, 0.15) is 46.5 Å². The third-order valence-corrected chi connectivity index (χ3v) is 6.27. The number of aryl methyl sites for hydroxylation is 1. The maximum atomic E-state index is 12.4. The number of hydrogen-bond acceptors (Lipinski definition) is 4. The highest BCUT2D eigenvalue weighted by Crippen LogP contribution is 2.37. The molecule has 0 aliphatic heterocycles. The van der Waals surface area contributed by atoms with E-state index in [0.717, 1.165) is 46.4 Å². The largest absolute Gasteiger partial charge is 0.465 e. The van der Waals surface area contributed by atoms with Crippen molar-refractivity contribution in [3.63, 3.8) is 0 Å². The lowest BCUT2D eigenvalue weighted by molar-refractivity contribution is 0.0601. The number of thiocarbonyl (C=S) groups is 1. The fourth-order valence-corrected chi connectivity index (χ4v) is 5.12. The van der Waals surface area contributed by atoms with E-state index in [4.69, 9.17) is 17.0 Å². The molecule has 138 valence electrons. The van der Waals surface area contributed by atoms with Crippen molar-refractivity contribution in [1.29, 1.82) is 0 Å². The maximum Gasteiger partial charge on any atom is 0.341 e. The Kier molecular flexibility index (Phi) is 6.67. The van der Waals surface area contributed by atoms with Gasteiger partial charge in [-0.25, -0.2) is 4.79 Å². The lowest BCUT2D eigenvalue weighted by Gasteiger charge is -2.12. The zero-order valence-corrected chi connectivity index (χ0v) is 17.8. The Hall–Kier alpha value is -1.44. The second kappa shape index (κ2) is 8.97. The van der Waals surface area contributed by atoms with E-state index in [2.05, 4.69) is 26.6 Å². The summed E-state index contributed by atoms with van der Waals surface area (Å²) in [5.74, 6) is -0.296. The van der Waals surface area contributed by atoms with Gasteiger partial charge in [-0.05, 0) is 61.7 Å². The van der Waals surface area contributed by atoms with Crippen LogP contribution < -0.4 is 10.6 Å². The molecule has 3 rings (SSSR count). The zero-order valence-electron chi connectivity index (χ0n) is 14.6. The van der Waals surface area contributed by atoms with E-state index in [0.29, 0.717) is 10.7 Å². The SMILES string of the molecule is COC(=O)c1c(NC(=S)Nc2cccc(Br)c2)sc2c1CCCCCC2. The quantitative estimate of drug-likeness (QED) is 0.457. The Morgan fingerprint density at radius 2 is 1.96 bits per heavy atom. The first kappa shape index (κ1) is 19.3. The van der Waals surface area contributed by atoms with Gasteiger partial charge in [0.25, 0.3) is 0 Å². The lowest BCUT2D eigenvalue weighted by Crippen LogP contribution is -2.20. The first-order chi connectivity index (χ1) is 12.6. The summed E-state index contributed by atoms with van der Waals surface area (Å²) in [6.07, 6.45) is 6.65. The number of esters is 1. The smallest absolute Gasteiger partial charge is 0.341 e. The minimum absolute atomic E-state index is 0.296. The molecule has 1 heterocycles. The Balaban J connectivity index is 1.85. The van der Waals surface area contributed by atoms with Crippen LogP contribution in [0.3, 0.4) is 0 Å². The van der Waals surface area contributed by atoms with Crippen LogP contribution in [0, 0.1) is 0 Å². The molecule has 1 aromatic heterocycles. The summed E-state index contributed by atoms with van der Waals surface area (Å²) in [7, 11) is 1.43. The molecule has 1 aliphatic rings. The molecular formula is C19H21BrN2O2S2. The lowest BCUT2D eigenvalue weighted by atomic mass is 9.96. The van der Waals surface area contributed by atoms with E-state index in [-0.39, 0.29) is 5.97 Å². The number of methoxy groups -OCH3 is 1. The van der Waals surface area contributed by atoms with Crippen LogP contribution in [0.5, 0.6) is 0 Å². The van der Waals surface area contributed by atoms with Crippen molar-refractivity contribution in [2.75, 3.05) is 17.7 Å². The van der Waals surface area contributed by atoms with Crippen LogP contribution in [-0.2, 0) is 17.6 Å². The molecule has 0 saturated heterocycles. The Labute approximate surface area is 171 Å². The van der Waals surface area contributed by atoms with E-state index in [1.54, 1.807) is 11.3 Å². The van der Waals surface area contributed by atoms with Crippen LogP contribution in [0.2, 0.25) is 0 Å². The number of carbonyl (C=O) groups excluding carboxylic acids is 1. The highest BCUT2D eigenvalue weighted by atomic mass is 79.9. The number of carbonyl (C=O) groups is 1. The predicted octanol–water partition coefficient (Wildman–Crippen LogP) is 5.77. The minimum Gasteiger partial charge on any atom is -0.465 e. The molecule has 2 N–H and O–H groups in total. The molecule has 1 aromatic carbocycles. The molecule has 0 spiro atoms. The van der Waals surface area contributed by atoms with E-state index >= 15 is 0 Å². The number of nitrogens with one attached hydrogen (secondary N) is 2. The summed E-state index contributed by atoms with van der Waals surface area (Å²) >= 11 is 10.5. The van der Waals surface area contributed by atoms with Crippen molar-refractivity contribution >= 4 is 61.3 Å². The standard InChI is InChI=1S/C19H21BrN2O2S2/c1-24-18(23)16-14-9-4-2-3-5-10-15(14)26-17(16)22-19(25)21-13-8-6-7-12(20)11-13/h6-8,11H,2-5,9-10H2,1H3,(H2,21,22,25). The van der Waals surface area contributed by atoms with Gasteiger partial charge in [-0.2, -0.15) is 0 Å². The topological polar surface area (TPSA) is 50.4 Å². The molecule has 0 radical (unpaired) electrons. The van der Waals surface area contributed by atoms with Crippen LogP contribution in [-0.4, -0.2) is 18.2 Å². The summed E-state index contributed by atoms with van der Waals surface area (Å²) in [4.78, 5) is 13.7. The number of benzene rings is 1. The highest BCUT2D eigenvalue weighted by molar-refractivity contribution is 9.10. The third kappa shape index (κ3) is 4.64. The van der Waals surface area contributed by atoms with Crippen molar-refractivity contribution in [1.82, 2.24) is 0 Å². The van der Waals surface area contributed by atoms with Crippen LogP contribution >= 0.6 is 39.5 Å². The van der Waals surface area contributed by atoms with Crippen LogP contribution in [0.25, 0.3) is 0 Å². The summed E-state index contributed by atoms with van der Waals surface area (Å²) in [5.41, 5.74) is 2.66. The van der Waals surface area contributed by atoms with Crippen molar-refractivity contribution in [2.24, 2.45) is 0 Å². The molecule has 7 heteroatoms. The van der Waals surface area contributed by atoms with Gasteiger partial charge < -0.3 is 15.4 Å². The van der Waals surface area contributed by atoms with Gasteiger partial charge in [-0.3, -0.25) is 0 Å². The number of halogens is 1. The fraction of sp³-hybridized carbons (Fsp3) is 0.368. The number of anilines is 2. The first-order valence-electron chi connectivity index (χ1n) is 8.65. The number of thiophene rings is 1. The fourth-order valence-electron chi connectivity index (χ4n) is 3.16. The van der Waals surface area contributed by atoms with E-state index in [9.17, 15) is 4.79 Å². The highest BCUT2D eigenvalue weighted by Gasteiger charge is 2.25. The van der Waals surface area contributed by atoms with Gasteiger partial charge in [-0.1, -0.05) is 34.8 Å². The first-order valence-corrected chi connectivity index (χ1v) is 10.7. The normalized spacial score (nSPS) is 13.9. The second-order valence-corrected chi connectivity index (χ2v) is 8.63. The van der Waals surface area contributed by atoms with Gasteiger partial charge in [0, 0.05) is 15.0 Å². The average molecular weight is 453 g/mol. The molecule has 2 aromatic rings. The molecule has 4 nitrogen and oxygen atoms in total. The van der Waals surface area contributed by atoms with Gasteiger partial charge in [0.15, 0.2) is 5.11 Å². The Bertz CT molecular complexity index is 820. The molecule has 0 saturated carbocycles. The monoisotopic (exact) mass is 452 g/mol. The molecule has 0 unspecified atom stereocenters. The molecule has 0 fully saturated rings. The van der Waals surface area contributed by atoms with Gasteiger partial charge in [-0.15, -0.1) is 11.3 Å². The minimum atomic E-state index is -0.296. The molecule has 0 bridgehead atoms. The van der Waals surface area contributed by atoms with Crippen LogP contribution in [0.15, 0.2) is 28.7 Å². The summed E-state index contributed by atoms with van der Waals surface area (Å²) in [5, 5.41) is 7.61. The molecule has 1 aliphatic carbocycles. The maximum absolute atomic E-state index is 12.4. The van der Waals surface area contributed by atoms with Crippen LogP contribution in [0.4, 0.5) is 10.7 Å². The van der Waals surface area contributed by atoms with Gasteiger partial charge in [0.05, 0.1) is 12.7 Å². The van der Waals surface area contributed by atoms with Crippen molar-refractivity contribution < 1.29 is 9.53 Å². The Morgan fingerprint density at radius 1 is 1.19 bits per heavy atom. The molecule has 0 atom stereocenters. The van der Waals surface area contributed by atoms with Crippen molar-refractivity contribution in [3.8, 4) is 0 Å². The average Bonchev–Trinajstić information content (AvgIpc) is 2.90. The van der Waals surface area contributed by atoms with Crippen molar-refractivity contribution in [3.05, 3.63) is 44.7 Å². The number of fused-ring (bicyclic) bond motifs is 1. The van der Waals surface area contributed by atoms with E-state index < -0.39 is 0 Å². The molecular weight excluding hydrogens is 432 g/mol. The van der Waals surface area contributed by atoms with Gasteiger partial charge >= 0.3 is 5.97 Å². The predicted molar refractivity (Wildman–Crippen MR) is 116 cm³/mol. The number of rotatable bonds is 3. The van der Waals surface area contributed by atoms with Gasteiger partial charge in [0.2, 0.25) is 0 Å². The van der Waals surface area contributed by atoms with Gasteiger partial charge in [0.1, 0.15) is 5.00 Å². The van der Waals surface area contributed by atoms with E-state index in [1.165, 1.54) is 24.8 Å². The number of hydrogen-bond donors (Lipinski definition) is 2. The molecule has 0 amide bonds. The summed E-state index contributed by atoms with van der Waals surface area (Å²) < 4.78 is 6.02. The summed E-state index contributed by atoms with van der Waals surface area (Å²) in [6.45, 7) is 0. The number of ether oxygens (including phenoxy) is 1. The second-order valence-electron chi connectivity index (χ2n) is 6.20. The van der Waals surface area contributed by atoms with E-state index in [1.807, 2.05) is 24.3 Å². The summed E-state index contributed by atoms with van der Waals surface area (Å²) in [6, 6.07) is 7.78. The third-order valence-electron chi connectivity index (χ3n) is 4.37. The Morgan fingerprint density at radius 3 is 2.69 bits per heavy atom. The zero-order chi connectivity index (χ0) is 18.5. The molecule has 26 heavy (non-hydrogen) atoms. The van der Waals surface area contributed by atoms with Crippen molar-refractivity contribution in [2.45, 2.75) is 38.5 Å².